The molecule has 75 valence electrons. The maximum Gasteiger partial charge on any atom is 0.437 e. The minimum Gasteiger partial charge on any atom is -0.399 e. The number of nitrogens with zero attached hydrogens (tertiary/aromatic N) is 1. The van der Waals surface area contributed by atoms with Gasteiger partial charge in [0.25, 0.3) is 0 Å². The number of benzene rings is 1. The van der Waals surface area contributed by atoms with E-state index in [9.17, 15) is 13.2 Å². The van der Waals surface area contributed by atoms with Crippen LogP contribution in [0, 0.1) is 6.07 Å². The average Bonchev–Trinajstić information content (AvgIpc) is 2.14. The zero-order valence-electron chi connectivity index (χ0n) is 7.30. The highest BCUT2D eigenvalue weighted by Crippen LogP contribution is 2.22. The third-order valence-electron chi connectivity index (χ3n) is 1.44. The first kappa shape index (κ1) is 10.6. The first-order valence-corrected chi connectivity index (χ1v) is 3.70. The summed E-state index contributed by atoms with van der Waals surface area (Å²) in [5.41, 5.74) is -1.09. The molecule has 5 heteroatoms. The van der Waals surface area contributed by atoms with Gasteiger partial charge >= 0.3 is 6.18 Å². The number of hydrogen-bond acceptors (Lipinski definition) is 2. The molecule has 1 radical (unpaired) electrons. The molecule has 1 aromatic carbocycles. The van der Waals surface area contributed by atoms with Crippen molar-refractivity contribution in [2.75, 3.05) is 7.11 Å². The maximum atomic E-state index is 12.4. The van der Waals surface area contributed by atoms with Crippen molar-refractivity contribution in [2.24, 2.45) is 5.16 Å². The van der Waals surface area contributed by atoms with Crippen molar-refractivity contribution in [3.05, 3.63) is 35.9 Å². The Labute approximate surface area is 79.0 Å². The molecule has 0 bridgehead atoms. The van der Waals surface area contributed by atoms with E-state index >= 15 is 0 Å². The van der Waals surface area contributed by atoms with E-state index in [2.05, 4.69) is 16.1 Å². The molecule has 0 aromatic heterocycles. The molecule has 0 saturated heterocycles. The van der Waals surface area contributed by atoms with Crippen molar-refractivity contribution < 1.29 is 18.0 Å². The van der Waals surface area contributed by atoms with Crippen molar-refractivity contribution in [3.8, 4) is 0 Å². The normalized spacial score (nSPS) is 12.7. The second-order valence-electron chi connectivity index (χ2n) is 2.41. The molecule has 0 aliphatic carbocycles. The molecule has 0 aliphatic rings. The molecule has 0 N–H and O–H groups in total. The third kappa shape index (κ3) is 2.48. The minimum absolute atomic E-state index is 0.0434. The Kier molecular flexibility index (Phi) is 3.11. The molecule has 0 aliphatic heterocycles. The fourth-order valence-corrected chi connectivity index (χ4v) is 0.904. The van der Waals surface area contributed by atoms with Gasteiger partial charge in [0.15, 0.2) is 5.71 Å². The molecule has 2 nitrogen and oxygen atoms in total. The first-order chi connectivity index (χ1) is 6.55. The first-order valence-electron chi connectivity index (χ1n) is 3.70. The lowest BCUT2D eigenvalue weighted by molar-refractivity contribution is -0.0607. The van der Waals surface area contributed by atoms with Crippen molar-refractivity contribution in [1.29, 1.82) is 0 Å². The van der Waals surface area contributed by atoms with Crippen LogP contribution in [0.15, 0.2) is 29.4 Å². The number of oxime groups is 1. The second kappa shape index (κ2) is 4.13. The lowest BCUT2D eigenvalue weighted by atomic mass is 10.1. The summed E-state index contributed by atoms with van der Waals surface area (Å²) in [5, 5.41) is 2.94. The van der Waals surface area contributed by atoms with E-state index in [1.54, 1.807) is 0 Å². The SMILES string of the molecule is CON=C(c1cc[c]cc1)C(F)(F)F. The lowest BCUT2D eigenvalue weighted by Crippen LogP contribution is -2.24. The smallest absolute Gasteiger partial charge is 0.399 e. The van der Waals surface area contributed by atoms with Crippen LogP contribution in [0.1, 0.15) is 5.56 Å². The van der Waals surface area contributed by atoms with Crippen LogP contribution in [0.25, 0.3) is 0 Å². The highest BCUT2D eigenvalue weighted by molar-refractivity contribution is 6.04. The van der Waals surface area contributed by atoms with Crippen LogP contribution in [0.4, 0.5) is 13.2 Å². The van der Waals surface area contributed by atoms with Gasteiger partial charge in [0, 0.05) is 5.56 Å². The molecular formula is C9H7F3NO. The molecule has 0 heterocycles. The number of alkyl halides is 3. The highest BCUT2D eigenvalue weighted by atomic mass is 19.4. The van der Waals surface area contributed by atoms with Gasteiger partial charge in [-0.2, -0.15) is 13.2 Å². The number of hydrogen-bond donors (Lipinski definition) is 0. The molecular weight excluding hydrogens is 195 g/mol. The fourth-order valence-electron chi connectivity index (χ4n) is 0.904. The summed E-state index contributed by atoms with van der Waals surface area (Å²) in [6.45, 7) is 0. The molecule has 1 aromatic rings. The largest absolute Gasteiger partial charge is 0.437 e. The molecule has 0 saturated carbocycles. The van der Waals surface area contributed by atoms with E-state index in [1.165, 1.54) is 24.3 Å². The average molecular weight is 202 g/mol. The summed E-state index contributed by atoms with van der Waals surface area (Å²) in [5.74, 6) is 0. The van der Waals surface area contributed by atoms with Crippen LogP contribution < -0.4 is 0 Å². The van der Waals surface area contributed by atoms with E-state index in [-0.39, 0.29) is 5.56 Å². The summed E-state index contributed by atoms with van der Waals surface area (Å²) in [7, 11) is 1.07. The zero-order chi connectivity index (χ0) is 10.6. The number of rotatable bonds is 2. The van der Waals surface area contributed by atoms with Gasteiger partial charge < -0.3 is 4.84 Å². The summed E-state index contributed by atoms with van der Waals surface area (Å²) < 4.78 is 37.1. The second-order valence-corrected chi connectivity index (χ2v) is 2.41. The van der Waals surface area contributed by atoms with Gasteiger partial charge in [-0.15, -0.1) is 0 Å². The fraction of sp³-hybridized carbons (Fsp3) is 0.222. The lowest BCUT2D eigenvalue weighted by Gasteiger charge is -2.08. The Morgan fingerprint density at radius 1 is 1.36 bits per heavy atom. The van der Waals surface area contributed by atoms with Crippen molar-refractivity contribution in [1.82, 2.24) is 0 Å². The molecule has 0 unspecified atom stereocenters. The predicted octanol–water partition coefficient (Wildman–Crippen LogP) is 2.40. The maximum absolute atomic E-state index is 12.4. The van der Waals surface area contributed by atoms with Crippen LogP contribution in [0.3, 0.4) is 0 Å². The van der Waals surface area contributed by atoms with Crippen LogP contribution in [0.5, 0.6) is 0 Å². The highest BCUT2D eigenvalue weighted by Gasteiger charge is 2.37. The van der Waals surface area contributed by atoms with Gasteiger partial charge in [-0.05, 0) is 6.07 Å². The Morgan fingerprint density at radius 2 is 1.93 bits per heavy atom. The molecule has 0 fully saturated rings. The van der Waals surface area contributed by atoms with Gasteiger partial charge in [-0.25, -0.2) is 0 Å². The van der Waals surface area contributed by atoms with Crippen LogP contribution >= 0.6 is 0 Å². The van der Waals surface area contributed by atoms with Crippen molar-refractivity contribution >= 4 is 5.71 Å². The molecule has 0 atom stereocenters. The monoisotopic (exact) mass is 202 g/mol. The predicted molar refractivity (Wildman–Crippen MR) is 44.9 cm³/mol. The van der Waals surface area contributed by atoms with Gasteiger partial charge in [0.05, 0.1) is 0 Å². The quantitative estimate of drug-likeness (QED) is 0.533. The minimum atomic E-state index is -4.52. The topological polar surface area (TPSA) is 21.6 Å². The van der Waals surface area contributed by atoms with Crippen molar-refractivity contribution in [3.63, 3.8) is 0 Å². The Bertz CT molecular complexity index is 319. The van der Waals surface area contributed by atoms with E-state index in [4.69, 9.17) is 0 Å². The third-order valence-corrected chi connectivity index (χ3v) is 1.44. The van der Waals surface area contributed by atoms with Crippen molar-refractivity contribution in [2.45, 2.75) is 6.18 Å². The van der Waals surface area contributed by atoms with Crippen LogP contribution in [-0.2, 0) is 4.84 Å². The molecule has 0 amide bonds. The summed E-state index contributed by atoms with van der Waals surface area (Å²) >= 11 is 0. The Hall–Kier alpha value is -1.52. The van der Waals surface area contributed by atoms with E-state index in [0.717, 1.165) is 7.11 Å². The van der Waals surface area contributed by atoms with Gasteiger partial charge in [0.2, 0.25) is 0 Å². The zero-order valence-corrected chi connectivity index (χ0v) is 7.30. The van der Waals surface area contributed by atoms with E-state index < -0.39 is 11.9 Å². The van der Waals surface area contributed by atoms with E-state index in [0.29, 0.717) is 0 Å². The number of halogens is 3. The molecule has 1 rings (SSSR count). The Morgan fingerprint density at radius 3 is 2.36 bits per heavy atom. The molecule has 14 heavy (non-hydrogen) atoms. The molecule has 0 spiro atoms. The van der Waals surface area contributed by atoms with Gasteiger partial charge in [0.1, 0.15) is 7.11 Å². The standard InChI is InChI=1S/C9H7F3NO/c1-14-13-8(9(10,11)12)7-5-3-2-4-6-7/h3-6H,1H3. The summed E-state index contributed by atoms with van der Waals surface area (Å²) in [4.78, 5) is 4.14. The summed E-state index contributed by atoms with van der Waals surface area (Å²) in [6.07, 6.45) is -4.52. The van der Waals surface area contributed by atoms with E-state index in [1.807, 2.05) is 0 Å². The van der Waals surface area contributed by atoms with Gasteiger partial charge in [-0.1, -0.05) is 29.4 Å². The Balaban J connectivity index is 3.09. The van der Waals surface area contributed by atoms with Crippen LogP contribution in [0.2, 0.25) is 0 Å². The van der Waals surface area contributed by atoms with Crippen LogP contribution in [-0.4, -0.2) is 19.0 Å². The summed E-state index contributed by atoms with van der Waals surface area (Å²) in [6, 6.07) is 7.92. The van der Waals surface area contributed by atoms with Gasteiger partial charge in [-0.3, -0.25) is 0 Å².